The second-order valence-corrected chi connectivity index (χ2v) is 7.53. The van der Waals surface area contributed by atoms with Gasteiger partial charge in [-0.05, 0) is 48.2 Å². The van der Waals surface area contributed by atoms with E-state index in [0.29, 0.717) is 5.11 Å². The van der Waals surface area contributed by atoms with Gasteiger partial charge in [-0.2, -0.15) is 0 Å². The van der Waals surface area contributed by atoms with Crippen LogP contribution in [-0.2, 0) is 6.42 Å². The van der Waals surface area contributed by atoms with Gasteiger partial charge in [-0.15, -0.1) is 0 Å². The molecule has 2 aromatic rings. The van der Waals surface area contributed by atoms with Crippen LogP contribution >= 0.6 is 12.2 Å². The van der Waals surface area contributed by atoms with Crippen LogP contribution in [-0.4, -0.2) is 15.0 Å². The molecule has 8 nitrogen and oxygen atoms in total. The number of rotatable bonds is 3. The maximum absolute atomic E-state index is 11.3. The summed E-state index contributed by atoms with van der Waals surface area (Å²) in [5, 5.41) is 29.3. The molecule has 1 aliphatic carbocycles. The number of nitrogens with zero attached hydrogens (tertiary/aromatic N) is 2. The second-order valence-electron chi connectivity index (χ2n) is 7.12. The summed E-state index contributed by atoms with van der Waals surface area (Å²) in [5.74, 6) is 0.108. The molecule has 3 unspecified atom stereocenters. The summed E-state index contributed by atoms with van der Waals surface area (Å²) >= 11 is 5.41. The molecule has 2 aliphatic rings. The van der Waals surface area contributed by atoms with Crippen molar-refractivity contribution in [2.45, 2.75) is 31.3 Å². The van der Waals surface area contributed by atoms with E-state index in [1.165, 1.54) is 12.1 Å². The average molecular weight is 398 g/mol. The zero-order chi connectivity index (χ0) is 19.8. The third kappa shape index (κ3) is 3.29. The van der Waals surface area contributed by atoms with E-state index in [4.69, 9.17) is 12.2 Å². The summed E-state index contributed by atoms with van der Waals surface area (Å²) in [6.45, 7) is 0. The van der Waals surface area contributed by atoms with Crippen LogP contribution in [0.3, 0.4) is 0 Å². The number of thiocarbonyl (C=S) groups is 1. The number of hydrogen-bond acceptors (Lipinski definition) is 5. The molecule has 1 aliphatic heterocycles. The Balaban J connectivity index is 1.74. The number of nitro groups is 2. The highest BCUT2D eigenvalue weighted by Crippen LogP contribution is 2.43. The smallest absolute Gasteiger partial charge is 0.269 e. The molecule has 1 heterocycles. The molecule has 0 spiro atoms. The third-order valence-corrected chi connectivity index (χ3v) is 5.79. The largest absolute Gasteiger partial charge is 0.356 e. The molecule has 4 rings (SSSR count). The predicted molar refractivity (Wildman–Crippen MR) is 107 cm³/mol. The molecule has 0 bridgehead atoms. The van der Waals surface area contributed by atoms with Gasteiger partial charge in [-0.3, -0.25) is 20.2 Å². The fourth-order valence-electron chi connectivity index (χ4n) is 4.25. The van der Waals surface area contributed by atoms with Crippen LogP contribution in [0.1, 0.15) is 41.6 Å². The van der Waals surface area contributed by atoms with Crippen molar-refractivity contribution < 1.29 is 9.85 Å². The molecule has 0 aromatic heterocycles. The van der Waals surface area contributed by atoms with Gasteiger partial charge in [0.15, 0.2) is 5.11 Å². The highest BCUT2D eigenvalue weighted by atomic mass is 32.1. The Bertz CT molecular complexity index is 963. The van der Waals surface area contributed by atoms with E-state index in [1.807, 2.05) is 6.07 Å². The van der Waals surface area contributed by atoms with Crippen LogP contribution < -0.4 is 10.6 Å². The number of benzene rings is 2. The van der Waals surface area contributed by atoms with E-state index in [0.717, 1.165) is 36.0 Å². The summed E-state index contributed by atoms with van der Waals surface area (Å²) in [7, 11) is 0. The molecule has 1 fully saturated rings. The van der Waals surface area contributed by atoms with Crippen LogP contribution in [0.2, 0.25) is 0 Å². The van der Waals surface area contributed by atoms with Crippen molar-refractivity contribution in [1.82, 2.24) is 10.6 Å². The Morgan fingerprint density at radius 2 is 1.57 bits per heavy atom. The predicted octanol–water partition coefficient (Wildman–Crippen LogP) is 3.72. The van der Waals surface area contributed by atoms with Gasteiger partial charge in [0, 0.05) is 30.2 Å². The van der Waals surface area contributed by atoms with Crippen molar-refractivity contribution in [3.8, 4) is 0 Å². The molecular formula is C19H18N4O4S. The lowest BCUT2D eigenvalue weighted by atomic mass is 9.80. The maximum Gasteiger partial charge on any atom is 0.269 e. The fraction of sp³-hybridized carbons (Fsp3) is 0.316. The maximum atomic E-state index is 11.3. The minimum Gasteiger partial charge on any atom is -0.356 e. The monoisotopic (exact) mass is 398 g/mol. The molecular weight excluding hydrogens is 380 g/mol. The first-order valence-corrected chi connectivity index (χ1v) is 9.43. The van der Waals surface area contributed by atoms with E-state index >= 15 is 0 Å². The Hall–Kier alpha value is -3.07. The summed E-state index contributed by atoms with van der Waals surface area (Å²) in [4.78, 5) is 21.4. The molecule has 1 saturated heterocycles. The highest BCUT2D eigenvalue weighted by Gasteiger charge is 2.39. The lowest BCUT2D eigenvalue weighted by Gasteiger charge is -2.41. The molecule has 0 saturated carbocycles. The molecule has 2 N–H and O–H groups in total. The van der Waals surface area contributed by atoms with Crippen molar-refractivity contribution in [2.24, 2.45) is 5.92 Å². The zero-order valence-corrected chi connectivity index (χ0v) is 15.6. The highest BCUT2D eigenvalue weighted by molar-refractivity contribution is 7.80. The van der Waals surface area contributed by atoms with Crippen LogP contribution in [0.15, 0.2) is 42.5 Å². The first-order chi connectivity index (χ1) is 13.4. The summed E-state index contributed by atoms with van der Waals surface area (Å²) in [6, 6.07) is 11.2. The molecule has 2 aromatic carbocycles. The van der Waals surface area contributed by atoms with Crippen molar-refractivity contribution in [1.29, 1.82) is 0 Å². The van der Waals surface area contributed by atoms with Crippen LogP contribution in [0, 0.1) is 26.1 Å². The summed E-state index contributed by atoms with van der Waals surface area (Å²) in [5.41, 5.74) is 3.03. The SMILES string of the molecule is O=[N+]([O-])c1ccc(C2NC(=S)NC3c4cc([N+](=O)[O-])ccc4CCCC23)cc1. The minimum absolute atomic E-state index is 0.0404. The number of fused-ring (bicyclic) bond motifs is 3. The Kier molecular flexibility index (Phi) is 4.68. The van der Waals surface area contributed by atoms with Crippen molar-refractivity contribution in [3.05, 3.63) is 79.4 Å². The van der Waals surface area contributed by atoms with Crippen LogP contribution in [0.4, 0.5) is 11.4 Å². The van der Waals surface area contributed by atoms with Gasteiger partial charge in [-0.25, -0.2) is 0 Å². The number of aryl methyl sites for hydroxylation is 1. The van der Waals surface area contributed by atoms with Crippen molar-refractivity contribution in [2.75, 3.05) is 0 Å². The van der Waals surface area contributed by atoms with E-state index < -0.39 is 4.92 Å². The van der Waals surface area contributed by atoms with Gasteiger partial charge in [0.05, 0.1) is 21.9 Å². The Morgan fingerprint density at radius 3 is 2.25 bits per heavy atom. The minimum atomic E-state index is -0.423. The molecule has 9 heteroatoms. The number of nitrogens with one attached hydrogen (secondary N) is 2. The van der Waals surface area contributed by atoms with Gasteiger partial charge < -0.3 is 10.6 Å². The Morgan fingerprint density at radius 1 is 0.929 bits per heavy atom. The molecule has 0 radical (unpaired) electrons. The van der Waals surface area contributed by atoms with Gasteiger partial charge in [0.2, 0.25) is 0 Å². The molecule has 28 heavy (non-hydrogen) atoms. The van der Waals surface area contributed by atoms with E-state index in [1.54, 1.807) is 24.3 Å². The molecule has 3 atom stereocenters. The van der Waals surface area contributed by atoms with E-state index in [2.05, 4.69) is 10.6 Å². The Labute approximate surface area is 166 Å². The summed E-state index contributed by atoms with van der Waals surface area (Å²) in [6.07, 6.45) is 2.70. The number of non-ortho nitro benzene ring substituents is 2. The quantitative estimate of drug-likeness (QED) is 0.460. The topological polar surface area (TPSA) is 110 Å². The number of nitro benzene ring substituents is 2. The van der Waals surface area contributed by atoms with Gasteiger partial charge in [0.25, 0.3) is 11.4 Å². The van der Waals surface area contributed by atoms with Crippen molar-refractivity contribution >= 4 is 28.7 Å². The molecule has 0 amide bonds. The lowest BCUT2D eigenvalue weighted by molar-refractivity contribution is -0.385. The molecule has 144 valence electrons. The van der Waals surface area contributed by atoms with E-state index in [-0.39, 0.29) is 34.3 Å². The first-order valence-electron chi connectivity index (χ1n) is 9.02. The van der Waals surface area contributed by atoms with Crippen LogP contribution in [0.5, 0.6) is 0 Å². The van der Waals surface area contributed by atoms with E-state index in [9.17, 15) is 20.2 Å². The first kappa shape index (κ1) is 18.3. The lowest BCUT2D eigenvalue weighted by Crippen LogP contribution is -2.51. The average Bonchev–Trinajstić information content (AvgIpc) is 2.86. The second kappa shape index (κ2) is 7.16. The number of hydrogen-bond donors (Lipinski definition) is 2. The third-order valence-electron chi connectivity index (χ3n) is 5.55. The van der Waals surface area contributed by atoms with Gasteiger partial charge in [-0.1, -0.05) is 18.2 Å². The van der Waals surface area contributed by atoms with Gasteiger partial charge >= 0.3 is 0 Å². The summed E-state index contributed by atoms with van der Waals surface area (Å²) < 4.78 is 0. The van der Waals surface area contributed by atoms with Crippen LogP contribution in [0.25, 0.3) is 0 Å². The zero-order valence-electron chi connectivity index (χ0n) is 14.8. The van der Waals surface area contributed by atoms with Gasteiger partial charge in [0.1, 0.15) is 0 Å². The standard InChI is InChI=1S/C19H18N4O4S/c24-22(25)13-7-5-12(6-8-13)17-15-3-1-2-11-4-9-14(23(26)27)10-16(11)18(15)21-19(28)20-17/h4-10,15,17-18H,1-3H2,(H2,20,21,28). The normalized spacial score (nSPS) is 23.4. The fourth-order valence-corrected chi connectivity index (χ4v) is 4.50. The van der Waals surface area contributed by atoms with Crippen molar-refractivity contribution in [3.63, 3.8) is 0 Å².